The van der Waals surface area contributed by atoms with E-state index in [1.807, 2.05) is 6.92 Å². The van der Waals surface area contributed by atoms with Crippen LogP contribution in [0.2, 0.25) is 0 Å². The average Bonchev–Trinajstić information content (AvgIpc) is 3.17. The highest BCUT2D eigenvalue weighted by molar-refractivity contribution is 7.89. The summed E-state index contributed by atoms with van der Waals surface area (Å²) in [6.07, 6.45) is 0. The Balaban J connectivity index is 1.58. The smallest absolute Gasteiger partial charge is 0.373 e. The highest BCUT2D eigenvalue weighted by Gasteiger charge is 2.29. The molecule has 1 aliphatic heterocycles. The van der Waals surface area contributed by atoms with E-state index in [1.165, 1.54) is 11.4 Å². The summed E-state index contributed by atoms with van der Waals surface area (Å²) in [4.78, 5) is 13.8. The van der Waals surface area contributed by atoms with Crippen molar-refractivity contribution in [1.29, 1.82) is 0 Å². The van der Waals surface area contributed by atoms with Crippen molar-refractivity contribution in [2.24, 2.45) is 0 Å². The first-order chi connectivity index (χ1) is 13.4. The van der Waals surface area contributed by atoms with Crippen LogP contribution in [0.1, 0.15) is 23.2 Å². The van der Waals surface area contributed by atoms with Gasteiger partial charge in [-0.15, -0.1) is 0 Å². The molecule has 9 heteroatoms. The van der Waals surface area contributed by atoms with E-state index >= 15 is 0 Å². The molecule has 1 aromatic carbocycles. The maximum Gasteiger partial charge on any atom is 0.373 e. The standard InChI is InChI=1S/C19H24N2O6S/c1-3-26-15-4-7-17(8-5-15)28(23,24)21-12-10-20(11-13-21)14-16-6-9-18(27-16)19(22)25-2/h4-9H,3,10-14H2,1-2H3. The number of methoxy groups -OCH3 is 1. The number of esters is 1. The summed E-state index contributed by atoms with van der Waals surface area (Å²) in [5, 5.41) is 0. The number of sulfonamides is 1. The third-order valence-corrected chi connectivity index (χ3v) is 6.44. The maximum atomic E-state index is 12.8. The van der Waals surface area contributed by atoms with Gasteiger partial charge in [0, 0.05) is 26.2 Å². The second-order valence-electron chi connectivity index (χ2n) is 6.34. The lowest BCUT2D eigenvalue weighted by atomic mass is 10.3. The van der Waals surface area contributed by atoms with Gasteiger partial charge in [0.05, 0.1) is 25.2 Å². The largest absolute Gasteiger partial charge is 0.494 e. The van der Waals surface area contributed by atoms with Crippen LogP contribution in [0.3, 0.4) is 0 Å². The maximum absolute atomic E-state index is 12.8. The Kier molecular flexibility index (Phi) is 6.38. The molecule has 1 aromatic heterocycles. The number of ether oxygens (including phenoxy) is 2. The van der Waals surface area contributed by atoms with Gasteiger partial charge in [0.2, 0.25) is 15.8 Å². The molecule has 2 aromatic rings. The number of rotatable bonds is 7. The van der Waals surface area contributed by atoms with E-state index < -0.39 is 16.0 Å². The van der Waals surface area contributed by atoms with E-state index in [1.54, 1.807) is 36.4 Å². The molecule has 3 rings (SSSR count). The van der Waals surface area contributed by atoms with E-state index in [9.17, 15) is 13.2 Å². The second-order valence-corrected chi connectivity index (χ2v) is 8.28. The predicted molar refractivity (Wildman–Crippen MR) is 102 cm³/mol. The molecule has 0 saturated carbocycles. The summed E-state index contributed by atoms with van der Waals surface area (Å²) in [5.41, 5.74) is 0. The highest BCUT2D eigenvalue weighted by atomic mass is 32.2. The van der Waals surface area contributed by atoms with Gasteiger partial charge in [-0.2, -0.15) is 4.31 Å². The normalized spacial score (nSPS) is 16.1. The minimum absolute atomic E-state index is 0.161. The monoisotopic (exact) mass is 408 g/mol. The van der Waals surface area contributed by atoms with Gasteiger partial charge >= 0.3 is 5.97 Å². The number of benzene rings is 1. The summed E-state index contributed by atoms with van der Waals surface area (Å²) in [6, 6.07) is 9.79. The molecule has 0 radical (unpaired) electrons. The highest BCUT2D eigenvalue weighted by Crippen LogP contribution is 2.21. The molecular formula is C19H24N2O6S. The lowest BCUT2D eigenvalue weighted by molar-refractivity contribution is 0.0560. The summed E-state index contributed by atoms with van der Waals surface area (Å²) in [5.74, 6) is 0.936. The Morgan fingerprint density at radius 2 is 1.75 bits per heavy atom. The lowest BCUT2D eigenvalue weighted by Gasteiger charge is -2.33. The summed E-state index contributed by atoms with van der Waals surface area (Å²) in [7, 11) is -2.23. The first-order valence-corrected chi connectivity index (χ1v) is 10.5. The summed E-state index contributed by atoms with van der Waals surface area (Å²) < 4.78 is 42.6. The molecule has 0 unspecified atom stereocenters. The van der Waals surface area contributed by atoms with Crippen LogP contribution >= 0.6 is 0 Å². The number of carbonyl (C=O) groups excluding carboxylic acids is 1. The number of carbonyl (C=O) groups is 1. The van der Waals surface area contributed by atoms with Crippen LogP contribution in [0.25, 0.3) is 0 Å². The van der Waals surface area contributed by atoms with E-state index in [0.717, 1.165) is 0 Å². The zero-order chi connectivity index (χ0) is 20.1. The molecule has 1 saturated heterocycles. The molecular weight excluding hydrogens is 384 g/mol. The van der Waals surface area contributed by atoms with Crippen LogP contribution in [0.15, 0.2) is 45.7 Å². The quantitative estimate of drug-likeness (QED) is 0.647. The van der Waals surface area contributed by atoms with Crippen LogP contribution < -0.4 is 4.74 Å². The Labute approximate surface area is 164 Å². The molecule has 0 amide bonds. The summed E-state index contributed by atoms with van der Waals surface area (Å²) in [6.45, 7) is 4.84. The topological polar surface area (TPSA) is 89.3 Å². The molecule has 1 fully saturated rings. The van der Waals surface area contributed by atoms with Crippen molar-refractivity contribution >= 4 is 16.0 Å². The van der Waals surface area contributed by atoms with Crippen LogP contribution in [0.5, 0.6) is 5.75 Å². The van der Waals surface area contributed by atoms with Crippen LogP contribution in [0.4, 0.5) is 0 Å². The minimum Gasteiger partial charge on any atom is -0.494 e. The van der Waals surface area contributed by atoms with Gasteiger partial charge < -0.3 is 13.9 Å². The van der Waals surface area contributed by atoms with E-state index in [2.05, 4.69) is 9.64 Å². The molecule has 0 aliphatic carbocycles. The first-order valence-electron chi connectivity index (χ1n) is 9.06. The minimum atomic E-state index is -3.53. The summed E-state index contributed by atoms with van der Waals surface area (Å²) >= 11 is 0. The number of nitrogens with zero attached hydrogens (tertiary/aromatic N) is 2. The van der Waals surface area contributed by atoms with Gasteiger partial charge in [0.1, 0.15) is 11.5 Å². The fourth-order valence-electron chi connectivity index (χ4n) is 3.05. The van der Waals surface area contributed by atoms with Crippen molar-refractivity contribution in [2.75, 3.05) is 39.9 Å². The fourth-order valence-corrected chi connectivity index (χ4v) is 4.47. The molecule has 0 N–H and O–H groups in total. The molecule has 1 aliphatic rings. The number of piperazine rings is 1. The van der Waals surface area contributed by atoms with E-state index in [0.29, 0.717) is 50.8 Å². The van der Waals surface area contributed by atoms with Gasteiger partial charge in [-0.1, -0.05) is 0 Å². The first kappa shape index (κ1) is 20.4. The van der Waals surface area contributed by atoms with Crippen LogP contribution in [0, 0.1) is 0 Å². The van der Waals surface area contributed by atoms with Gasteiger partial charge in [-0.3, -0.25) is 4.90 Å². The Hall–Kier alpha value is -2.36. The van der Waals surface area contributed by atoms with Gasteiger partial charge in [-0.05, 0) is 43.3 Å². The zero-order valence-corrected chi connectivity index (χ0v) is 16.8. The number of hydrogen-bond acceptors (Lipinski definition) is 7. The van der Waals surface area contributed by atoms with Gasteiger partial charge in [0.15, 0.2) is 0 Å². The van der Waals surface area contributed by atoms with Gasteiger partial charge in [-0.25, -0.2) is 13.2 Å². The van der Waals surface area contributed by atoms with Crippen molar-refractivity contribution in [1.82, 2.24) is 9.21 Å². The predicted octanol–water partition coefficient (Wildman–Crippen LogP) is 1.97. The molecule has 8 nitrogen and oxygen atoms in total. The van der Waals surface area contributed by atoms with Crippen molar-refractivity contribution < 1.29 is 27.1 Å². The fraction of sp³-hybridized carbons (Fsp3) is 0.421. The zero-order valence-electron chi connectivity index (χ0n) is 16.0. The van der Waals surface area contributed by atoms with Crippen molar-refractivity contribution in [3.05, 3.63) is 47.9 Å². The van der Waals surface area contributed by atoms with Crippen molar-refractivity contribution in [3.63, 3.8) is 0 Å². The SMILES string of the molecule is CCOc1ccc(S(=O)(=O)N2CCN(Cc3ccc(C(=O)OC)o3)CC2)cc1. The van der Waals surface area contributed by atoms with E-state index in [4.69, 9.17) is 9.15 Å². The molecule has 0 spiro atoms. The lowest BCUT2D eigenvalue weighted by Crippen LogP contribution is -2.48. The molecule has 2 heterocycles. The Morgan fingerprint density at radius 1 is 1.07 bits per heavy atom. The van der Waals surface area contributed by atoms with Crippen molar-refractivity contribution in [3.8, 4) is 5.75 Å². The Morgan fingerprint density at radius 3 is 2.36 bits per heavy atom. The van der Waals surface area contributed by atoms with E-state index in [-0.39, 0.29) is 10.7 Å². The molecule has 28 heavy (non-hydrogen) atoms. The molecule has 152 valence electrons. The van der Waals surface area contributed by atoms with Crippen LogP contribution in [-0.2, 0) is 21.3 Å². The molecule has 0 atom stereocenters. The Bertz CT molecular complexity index is 899. The van der Waals surface area contributed by atoms with Gasteiger partial charge in [0.25, 0.3) is 0 Å². The molecule has 0 bridgehead atoms. The second kappa shape index (κ2) is 8.76. The third kappa shape index (κ3) is 4.54. The number of furan rings is 1. The van der Waals surface area contributed by atoms with Crippen LogP contribution in [-0.4, -0.2) is 63.5 Å². The third-order valence-electron chi connectivity index (χ3n) is 4.53. The van der Waals surface area contributed by atoms with Crippen molar-refractivity contribution in [2.45, 2.75) is 18.4 Å². The number of hydrogen-bond donors (Lipinski definition) is 0. The average molecular weight is 408 g/mol.